The van der Waals surface area contributed by atoms with Gasteiger partial charge in [-0.2, -0.15) is 0 Å². The molecular weight excluding hydrogens is 278 g/mol. The van der Waals surface area contributed by atoms with Crippen LogP contribution in [-0.4, -0.2) is 34.0 Å². The molecule has 3 N–H and O–H groups in total. The smallest absolute Gasteiger partial charge is 0.240 e. The van der Waals surface area contributed by atoms with Crippen molar-refractivity contribution in [1.82, 2.24) is 10.0 Å². The van der Waals surface area contributed by atoms with Crippen molar-refractivity contribution in [1.29, 1.82) is 0 Å². The summed E-state index contributed by atoms with van der Waals surface area (Å²) < 4.78 is 27.1. The third-order valence-corrected chi connectivity index (χ3v) is 4.68. The quantitative estimate of drug-likeness (QED) is 0.689. The van der Waals surface area contributed by atoms with Crippen LogP contribution >= 0.6 is 0 Å². The summed E-state index contributed by atoms with van der Waals surface area (Å²) in [6.07, 6.45) is 1.68. The molecule has 0 spiro atoms. The van der Waals surface area contributed by atoms with Gasteiger partial charge in [0, 0.05) is 32.2 Å². The molecule has 0 aromatic heterocycles. The Morgan fingerprint density at radius 1 is 1.35 bits per heavy atom. The van der Waals surface area contributed by atoms with E-state index in [0.29, 0.717) is 4.90 Å². The summed E-state index contributed by atoms with van der Waals surface area (Å²) in [5.74, 6) is -0.175. The second-order valence-corrected chi connectivity index (χ2v) is 6.43. The first kappa shape index (κ1) is 14.8. The minimum Gasteiger partial charge on any atom is -0.385 e. The van der Waals surface area contributed by atoms with E-state index in [9.17, 15) is 13.2 Å². The maximum Gasteiger partial charge on any atom is 0.240 e. The fraction of sp³-hybridized carbons (Fsp3) is 0.462. The van der Waals surface area contributed by atoms with Crippen LogP contribution in [0, 0.1) is 0 Å². The fourth-order valence-electron chi connectivity index (χ4n) is 2.23. The highest BCUT2D eigenvalue weighted by Gasteiger charge is 2.21. The SMILES string of the molecule is CC(=O)NCCNS(=O)(=O)c1cccc2c1CCCN2. The Morgan fingerprint density at radius 2 is 2.15 bits per heavy atom. The second kappa shape index (κ2) is 6.23. The minimum absolute atomic E-state index is 0.175. The molecule has 0 radical (unpaired) electrons. The second-order valence-electron chi connectivity index (χ2n) is 4.69. The lowest BCUT2D eigenvalue weighted by molar-refractivity contribution is -0.118. The van der Waals surface area contributed by atoms with Crippen LogP contribution in [0.2, 0.25) is 0 Å². The lowest BCUT2D eigenvalue weighted by Crippen LogP contribution is -2.34. The molecule has 1 amide bonds. The van der Waals surface area contributed by atoms with Gasteiger partial charge in [0.1, 0.15) is 0 Å². The molecule has 2 rings (SSSR count). The van der Waals surface area contributed by atoms with Crippen molar-refractivity contribution in [2.24, 2.45) is 0 Å². The summed E-state index contributed by atoms with van der Waals surface area (Å²) in [6.45, 7) is 2.72. The fourth-order valence-corrected chi connectivity index (χ4v) is 3.55. The molecule has 0 saturated heterocycles. The first-order valence-corrected chi connectivity index (χ1v) is 8.09. The van der Waals surface area contributed by atoms with Crippen molar-refractivity contribution < 1.29 is 13.2 Å². The number of benzene rings is 1. The molecule has 0 fully saturated rings. The van der Waals surface area contributed by atoms with Crippen LogP contribution < -0.4 is 15.4 Å². The molecule has 1 aromatic carbocycles. The number of sulfonamides is 1. The van der Waals surface area contributed by atoms with Gasteiger partial charge in [0.05, 0.1) is 4.90 Å². The Kier molecular flexibility index (Phi) is 4.61. The van der Waals surface area contributed by atoms with E-state index in [1.165, 1.54) is 6.92 Å². The number of carbonyl (C=O) groups is 1. The minimum atomic E-state index is -3.54. The molecule has 110 valence electrons. The van der Waals surface area contributed by atoms with E-state index < -0.39 is 10.0 Å². The largest absolute Gasteiger partial charge is 0.385 e. The Balaban J connectivity index is 2.11. The summed E-state index contributed by atoms with van der Waals surface area (Å²) >= 11 is 0. The Labute approximate surface area is 119 Å². The van der Waals surface area contributed by atoms with E-state index in [0.717, 1.165) is 30.6 Å². The molecule has 0 bridgehead atoms. The van der Waals surface area contributed by atoms with Gasteiger partial charge < -0.3 is 10.6 Å². The van der Waals surface area contributed by atoms with Crippen LogP contribution in [0.4, 0.5) is 5.69 Å². The summed E-state index contributed by atoms with van der Waals surface area (Å²) in [5.41, 5.74) is 1.73. The first-order chi connectivity index (χ1) is 9.50. The molecule has 0 unspecified atom stereocenters. The number of hydrogen-bond donors (Lipinski definition) is 3. The number of carbonyl (C=O) groups excluding carboxylic acids is 1. The Bertz CT molecular complexity index is 599. The molecule has 0 atom stereocenters. The lowest BCUT2D eigenvalue weighted by atomic mass is 10.0. The molecule has 6 nitrogen and oxygen atoms in total. The van der Waals surface area contributed by atoms with Gasteiger partial charge in [-0.15, -0.1) is 0 Å². The van der Waals surface area contributed by atoms with Crippen molar-refractivity contribution in [3.05, 3.63) is 23.8 Å². The van der Waals surface area contributed by atoms with Crippen LogP contribution in [0.1, 0.15) is 18.9 Å². The molecule has 1 heterocycles. The number of amides is 1. The van der Waals surface area contributed by atoms with Gasteiger partial charge in [-0.3, -0.25) is 4.79 Å². The third kappa shape index (κ3) is 3.49. The molecule has 1 aliphatic heterocycles. The van der Waals surface area contributed by atoms with Crippen molar-refractivity contribution in [2.75, 3.05) is 25.0 Å². The van der Waals surface area contributed by atoms with E-state index >= 15 is 0 Å². The van der Waals surface area contributed by atoms with Gasteiger partial charge in [-0.05, 0) is 30.5 Å². The summed E-state index contributed by atoms with van der Waals surface area (Å²) in [5, 5.41) is 5.76. The van der Waals surface area contributed by atoms with E-state index in [4.69, 9.17) is 0 Å². The van der Waals surface area contributed by atoms with Gasteiger partial charge in [-0.25, -0.2) is 13.1 Å². The first-order valence-electron chi connectivity index (χ1n) is 6.60. The summed E-state index contributed by atoms with van der Waals surface area (Å²) in [6, 6.07) is 5.25. The summed E-state index contributed by atoms with van der Waals surface area (Å²) in [4.78, 5) is 11.1. The molecule has 20 heavy (non-hydrogen) atoms. The van der Waals surface area contributed by atoms with Crippen molar-refractivity contribution in [3.63, 3.8) is 0 Å². The maximum atomic E-state index is 12.3. The average molecular weight is 297 g/mol. The van der Waals surface area contributed by atoms with E-state index in [1.807, 2.05) is 6.07 Å². The molecule has 1 aliphatic rings. The zero-order chi connectivity index (χ0) is 14.6. The highest BCUT2D eigenvalue weighted by Crippen LogP contribution is 2.28. The molecule has 0 saturated carbocycles. The lowest BCUT2D eigenvalue weighted by Gasteiger charge is -2.21. The van der Waals surface area contributed by atoms with Crippen LogP contribution in [0.5, 0.6) is 0 Å². The zero-order valence-corrected chi connectivity index (χ0v) is 12.2. The number of anilines is 1. The predicted octanol–water partition coefficient (Wildman–Crippen LogP) is 0.459. The Hall–Kier alpha value is -1.60. The number of rotatable bonds is 5. The topological polar surface area (TPSA) is 87.3 Å². The van der Waals surface area contributed by atoms with Gasteiger partial charge in [-0.1, -0.05) is 6.07 Å². The predicted molar refractivity (Wildman–Crippen MR) is 77.1 cm³/mol. The normalized spacial score (nSPS) is 14.2. The standard InChI is InChI=1S/C13H19N3O3S/c1-10(17)14-8-9-16-20(18,19)13-6-2-5-12-11(13)4-3-7-15-12/h2,5-6,15-16H,3-4,7-9H2,1H3,(H,14,17). The van der Waals surface area contributed by atoms with Gasteiger partial charge >= 0.3 is 0 Å². The number of hydrogen-bond acceptors (Lipinski definition) is 4. The van der Waals surface area contributed by atoms with Gasteiger partial charge in [0.2, 0.25) is 15.9 Å². The van der Waals surface area contributed by atoms with E-state index in [-0.39, 0.29) is 19.0 Å². The zero-order valence-electron chi connectivity index (χ0n) is 11.4. The van der Waals surface area contributed by atoms with Crippen molar-refractivity contribution in [2.45, 2.75) is 24.7 Å². The molecule has 7 heteroatoms. The molecule has 1 aromatic rings. The van der Waals surface area contributed by atoms with Gasteiger partial charge in [0.15, 0.2) is 0 Å². The number of nitrogens with one attached hydrogen (secondary N) is 3. The molecular formula is C13H19N3O3S. The van der Waals surface area contributed by atoms with Crippen molar-refractivity contribution in [3.8, 4) is 0 Å². The molecule has 0 aliphatic carbocycles. The van der Waals surface area contributed by atoms with Crippen LogP contribution in [0.25, 0.3) is 0 Å². The highest BCUT2D eigenvalue weighted by molar-refractivity contribution is 7.89. The van der Waals surface area contributed by atoms with Gasteiger partial charge in [0.25, 0.3) is 0 Å². The van der Waals surface area contributed by atoms with E-state index in [2.05, 4.69) is 15.4 Å². The Morgan fingerprint density at radius 3 is 2.90 bits per heavy atom. The monoisotopic (exact) mass is 297 g/mol. The third-order valence-electron chi connectivity index (χ3n) is 3.13. The summed E-state index contributed by atoms with van der Waals surface area (Å²) in [7, 11) is -3.54. The van der Waals surface area contributed by atoms with E-state index in [1.54, 1.807) is 12.1 Å². The maximum absolute atomic E-state index is 12.3. The van der Waals surface area contributed by atoms with Crippen LogP contribution in [-0.2, 0) is 21.2 Å². The average Bonchev–Trinajstić information content (AvgIpc) is 2.43. The number of fused-ring (bicyclic) bond motifs is 1. The van der Waals surface area contributed by atoms with Crippen LogP contribution in [0.3, 0.4) is 0 Å². The van der Waals surface area contributed by atoms with Crippen LogP contribution in [0.15, 0.2) is 23.1 Å². The highest BCUT2D eigenvalue weighted by atomic mass is 32.2. The van der Waals surface area contributed by atoms with Crippen molar-refractivity contribution >= 4 is 21.6 Å².